The van der Waals surface area contributed by atoms with Gasteiger partial charge in [0.05, 0.1) is 10.5 Å². The van der Waals surface area contributed by atoms with E-state index in [1.807, 2.05) is 11.4 Å². The van der Waals surface area contributed by atoms with Gasteiger partial charge in [0.25, 0.3) is 15.9 Å². The van der Waals surface area contributed by atoms with Gasteiger partial charge in [-0.25, -0.2) is 18.0 Å². The van der Waals surface area contributed by atoms with E-state index in [2.05, 4.69) is 16.6 Å². The summed E-state index contributed by atoms with van der Waals surface area (Å²) in [5.41, 5.74) is 1.79. The molecule has 0 fully saturated rings. The van der Waals surface area contributed by atoms with Gasteiger partial charge in [-0.2, -0.15) is 0 Å². The Morgan fingerprint density at radius 2 is 1.74 bits per heavy atom. The molecule has 0 unspecified atom stereocenters. The molecule has 3 amide bonds. The van der Waals surface area contributed by atoms with Gasteiger partial charge in [-0.1, -0.05) is 18.2 Å². The Kier molecular flexibility index (Phi) is 7.92. The number of benzene rings is 2. The SMILES string of the molecule is C=CCNC(=O)NC(=O)COC(=O)c1ccc(NS(=O)(=O)c2cc(C)ccc2C)cc1. The maximum atomic E-state index is 12.6. The summed E-state index contributed by atoms with van der Waals surface area (Å²) in [5.74, 6) is -1.60. The molecule has 0 aliphatic heterocycles. The zero-order valence-corrected chi connectivity index (χ0v) is 17.9. The second-order valence-electron chi connectivity index (χ2n) is 6.57. The van der Waals surface area contributed by atoms with Crippen LogP contribution in [-0.2, 0) is 19.6 Å². The molecule has 0 bridgehead atoms. The number of amides is 3. The third kappa shape index (κ3) is 6.96. The van der Waals surface area contributed by atoms with E-state index < -0.39 is 34.5 Å². The van der Waals surface area contributed by atoms with Crippen LogP contribution in [0.3, 0.4) is 0 Å². The Balaban J connectivity index is 1.96. The number of hydrogen-bond acceptors (Lipinski definition) is 6. The monoisotopic (exact) mass is 445 g/mol. The fourth-order valence-electron chi connectivity index (χ4n) is 2.47. The number of carbonyl (C=O) groups is 3. The molecule has 31 heavy (non-hydrogen) atoms. The van der Waals surface area contributed by atoms with Crippen molar-refractivity contribution < 1.29 is 27.5 Å². The molecule has 0 aliphatic carbocycles. The molecule has 0 saturated heterocycles. The zero-order valence-electron chi connectivity index (χ0n) is 17.1. The van der Waals surface area contributed by atoms with E-state index in [0.29, 0.717) is 5.56 Å². The van der Waals surface area contributed by atoms with E-state index in [1.165, 1.54) is 30.3 Å². The molecule has 2 rings (SSSR count). The first-order valence-corrected chi connectivity index (χ1v) is 10.7. The number of hydrogen-bond donors (Lipinski definition) is 3. The second-order valence-corrected chi connectivity index (χ2v) is 8.23. The minimum Gasteiger partial charge on any atom is -0.452 e. The number of esters is 1. The van der Waals surface area contributed by atoms with Gasteiger partial charge in [0, 0.05) is 12.2 Å². The Labute approximate surface area is 180 Å². The summed E-state index contributed by atoms with van der Waals surface area (Å²) >= 11 is 0. The molecule has 0 heterocycles. The van der Waals surface area contributed by atoms with Crippen molar-refractivity contribution in [3.05, 3.63) is 71.8 Å². The first-order chi connectivity index (χ1) is 14.6. The van der Waals surface area contributed by atoms with Crippen molar-refractivity contribution in [2.24, 2.45) is 0 Å². The lowest BCUT2D eigenvalue weighted by atomic mass is 10.2. The minimum absolute atomic E-state index is 0.110. The lowest BCUT2D eigenvalue weighted by Crippen LogP contribution is -2.41. The van der Waals surface area contributed by atoms with E-state index in [9.17, 15) is 22.8 Å². The van der Waals surface area contributed by atoms with Crippen molar-refractivity contribution in [3.63, 3.8) is 0 Å². The lowest BCUT2D eigenvalue weighted by molar-refractivity contribution is -0.123. The maximum absolute atomic E-state index is 12.6. The van der Waals surface area contributed by atoms with E-state index in [4.69, 9.17) is 4.74 Å². The number of imide groups is 1. The average Bonchev–Trinajstić information content (AvgIpc) is 2.72. The predicted octanol–water partition coefficient (Wildman–Crippen LogP) is 2.27. The van der Waals surface area contributed by atoms with Gasteiger partial charge in [-0.15, -0.1) is 6.58 Å². The number of carbonyl (C=O) groups excluding carboxylic acids is 3. The standard InChI is InChI=1S/C21H23N3O6S/c1-4-11-22-21(27)23-19(25)13-30-20(26)16-7-9-17(10-8-16)24-31(28,29)18-12-14(2)5-6-15(18)3/h4-10,12,24H,1,11,13H2,2-3H3,(H2,22,23,25,27). The number of aryl methyl sites for hydroxylation is 2. The number of sulfonamides is 1. The quantitative estimate of drug-likeness (QED) is 0.422. The minimum atomic E-state index is -3.80. The molecule has 2 aromatic rings. The van der Waals surface area contributed by atoms with Gasteiger partial charge in [0.15, 0.2) is 6.61 Å². The van der Waals surface area contributed by atoms with Crippen LogP contribution in [0, 0.1) is 13.8 Å². The molecule has 0 aromatic heterocycles. The van der Waals surface area contributed by atoms with Gasteiger partial charge in [0.2, 0.25) is 0 Å². The van der Waals surface area contributed by atoms with Crippen LogP contribution in [0.1, 0.15) is 21.5 Å². The Morgan fingerprint density at radius 1 is 1.06 bits per heavy atom. The average molecular weight is 445 g/mol. The second kappa shape index (κ2) is 10.4. The highest BCUT2D eigenvalue weighted by atomic mass is 32.2. The summed E-state index contributed by atoms with van der Waals surface area (Å²) < 4.78 is 32.6. The predicted molar refractivity (Wildman–Crippen MR) is 115 cm³/mol. The fraction of sp³-hybridized carbons (Fsp3) is 0.190. The summed E-state index contributed by atoms with van der Waals surface area (Å²) in [5, 5.41) is 4.33. The van der Waals surface area contributed by atoms with Crippen LogP contribution >= 0.6 is 0 Å². The first kappa shape index (κ1) is 23.6. The molecule has 164 valence electrons. The van der Waals surface area contributed by atoms with Crippen molar-refractivity contribution in [1.29, 1.82) is 0 Å². The van der Waals surface area contributed by atoms with Crippen molar-refractivity contribution in [2.75, 3.05) is 17.9 Å². The van der Waals surface area contributed by atoms with Crippen LogP contribution in [0.4, 0.5) is 10.5 Å². The van der Waals surface area contributed by atoms with Gasteiger partial charge >= 0.3 is 12.0 Å². The fourth-order valence-corrected chi connectivity index (χ4v) is 3.86. The van der Waals surface area contributed by atoms with E-state index in [0.717, 1.165) is 5.56 Å². The number of ether oxygens (including phenoxy) is 1. The maximum Gasteiger partial charge on any atom is 0.338 e. The molecule has 0 atom stereocenters. The molecule has 3 N–H and O–H groups in total. The molecule has 2 aromatic carbocycles. The highest BCUT2D eigenvalue weighted by molar-refractivity contribution is 7.92. The lowest BCUT2D eigenvalue weighted by Gasteiger charge is -2.11. The summed E-state index contributed by atoms with van der Waals surface area (Å²) in [6.07, 6.45) is 1.44. The van der Waals surface area contributed by atoms with Gasteiger partial charge in [-0.05, 0) is 55.3 Å². The van der Waals surface area contributed by atoms with E-state index >= 15 is 0 Å². The molecular weight excluding hydrogens is 422 g/mol. The van der Waals surface area contributed by atoms with Crippen molar-refractivity contribution in [1.82, 2.24) is 10.6 Å². The van der Waals surface area contributed by atoms with Crippen LogP contribution in [0.2, 0.25) is 0 Å². The third-order valence-electron chi connectivity index (χ3n) is 4.00. The zero-order chi connectivity index (χ0) is 23.0. The van der Waals surface area contributed by atoms with Crippen LogP contribution in [0.5, 0.6) is 0 Å². The molecular formula is C21H23N3O6S. The summed E-state index contributed by atoms with van der Waals surface area (Å²) in [6.45, 7) is 6.45. The normalized spacial score (nSPS) is 10.6. The van der Waals surface area contributed by atoms with Crippen LogP contribution in [0.15, 0.2) is 60.0 Å². The smallest absolute Gasteiger partial charge is 0.338 e. The van der Waals surface area contributed by atoms with Gasteiger partial charge in [-0.3, -0.25) is 14.8 Å². The largest absolute Gasteiger partial charge is 0.452 e. The third-order valence-corrected chi connectivity index (χ3v) is 5.52. The summed E-state index contributed by atoms with van der Waals surface area (Å²) in [4.78, 5) is 35.1. The van der Waals surface area contributed by atoms with Gasteiger partial charge in [0.1, 0.15) is 0 Å². The molecule has 0 radical (unpaired) electrons. The number of nitrogens with one attached hydrogen (secondary N) is 3. The molecule has 0 saturated carbocycles. The van der Waals surface area contributed by atoms with Gasteiger partial charge < -0.3 is 10.1 Å². The molecule has 0 spiro atoms. The van der Waals surface area contributed by atoms with Crippen LogP contribution < -0.4 is 15.4 Å². The molecule has 0 aliphatic rings. The van der Waals surface area contributed by atoms with Crippen molar-refractivity contribution in [2.45, 2.75) is 18.7 Å². The first-order valence-electron chi connectivity index (χ1n) is 9.18. The number of anilines is 1. The highest BCUT2D eigenvalue weighted by Crippen LogP contribution is 2.21. The Morgan fingerprint density at radius 3 is 2.39 bits per heavy atom. The van der Waals surface area contributed by atoms with Crippen LogP contribution in [0.25, 0.3) is 0 Å². The highest BCUT2D eigenvalue weighted by Gasteiger charge is 2.18. The Bertz CT molecular complexity index is 1090. The van der Waals surface area contributed by atoms with E-state index in [1.54, 1.807) is 26.0 Å². The molecule has 9 nitrogen and oxygen atoms in total. The van der Waals surface area contributed by atoms with Crippen LogP contribution in [-0.4, -0.2) is 39.5 Å². The number of rotatable bonds is 8. The summed E-state index contributed by atoms with van der Waals surface area (Å²) in [6, 6.07) is 9.92. The summed E-state index contributed by atoms with van der Waals surface area (Å²) in [7, 11) is -3.80. The van der Waals surface area contributed by atoms with Crippen molar-refractivity contribution >= 4 is 33.6 Å². The Hall–Kier alpha value is -3.66. The van der Waals surface area contributed by atoms with Crippen molar-refractivity contribution in [3.8, 4) is 0 Å². The molecule has 10 heteroatoms. The topological polar surface area (TPSA) is 131 Å². The van der Waals surface area contributed by atoms with E-state index in [-0.39, 0.29) is 22.7 Å². The number of urea groups is 1.